The number of hydrogen-bond acceptors (Lipinski definition) is 5. The van der Waals surface area contributed by atoms with Crippen molar-refractivity contribution in [3.05, 3.63) is 87.9 Å². The number of amides is 3. The third kappa shape index (κ3) is 8.86. The molecular weight excluding hydrogens is 649 g/mol. The van der Waals surface area contributed by atoms with E-state index in [0.29, 0.717) is 48.8 Å². The van der Waals surface area contributed by atoms with Gasteiger partial charge in [0, 0.05) is 38.2 Å². The minimum atomic E-state index is -4.99. The standard InChI is InChI=1S/C33H35F7N4O4/c1-20-14-25(34)2-4-27(20)28-17-22(30(45)42-29-5-3-26(48-29)19-43-10-12-47-13-11-43)7-9-44(28)31(46)41-8-6-21-15-23(32(35,36)37)18-24(16-21)33(38,39)40/h2-5,14-16,18,22,28H,6-13,17,19H2,1H3,(H,41,46)(H,42,45)/t22-,28+/m0/s1. The van der Waals surface area contributed by atoms with Gasteiger partial charge in [0.25, 0.3) is 0 Å². The summed E-state index contributed by atoms with van der Waals surface area (Å²) in [5, 5.41) is 5.39. The van der Waals surface area contributed by atoms with Crippen LogP contribution in [0.15, 0.2) is 52.9 Å². The average molecular weight is 685 g/mol. The van der Waals surface area contributed by atoms with Crippen molar-refractivity contribution >= 4 is 17.8 Å². The summed E-state index contributed by atoms with van der Waals surface area (Å²) in [5.41, 5.74) is -1.98. The number of ether oxygens (including phenoxy) is 1. The highest BCUT2D eigenvalue weighted by Crippen LogP contribution is 2.38. The molecule has 3 aromatic rings. The van der Waals surface area contributed by atoms with Crippen LogP contribution < -0.4 is 10.6 Å². The van der Waals surface area contributed by atoms with Crippen molar-refractivity contribution < 1.29 is 49.5 Å². The SMILES string of the molecule is Cc1cc(F)ccc1[C@H]1C[C@@H](C(=O)Nc2ccc(CN3CCOCC3)o2)CCN1C(=O)NCCc1cc(C(F)(F)F)cc(C(F)(F)F)c1. The Kier molecular flexibility index (Phi) is 10.7. The molecule has 2 atom stereocenters. The van der Waals surface area contributed by atoms with Gasteiger partial charge in [-0.15, -0.1) is 0 Å². The Hall–Kier alpha value is -4.11. The molecule has 3 heterocycles. The molecule has 2 saturated heterocycles. The number of carbonyl (C=O) groups excluding carboxylic acids is 2. The fraction of sp³-hybridized carbons (Fsp3) is 0.455. The first-order chi connectivity index (χ1) is 22.7. The van der Waals surface area contributed by atoms with E-state index in [-0.39, 0.29) is 55.8 Å². The van der Waals surface area contributed by atoms with E-state index in [4.69, 9.17) is 9.15 Å². The lowest BCUT2D eigenvalue weighted by atomic mass is 9.85. The monoisotopic (exact) mass is 684 g/mol. The molecule has 2 aliphatic rings. The minimum Gasteiger partial charge on any atom is -0.444 e. The molecular formula is C33H35F7N4O4. The summed E-state index contributed by atoms with van der Waals surface area (Å²) >= 11 is 0. The number of anilines is 1. The summed E-state index contributed by atoms with van der Waals surface area (Å²) in [6, 6.07) is 7.54. The topological polar surface area (TPSA) is 87.1 Å². The number of piperidine rings is 1. The second-order valence-electron chi connectivity index (χ2n) is 12.0. The molecule has 2 fully saturated rings. The van der Waals surface area contributed by atoms with Gasteiger partial charge in [0.2, 0.25) is 5.91 Å². The van der Waals surface area contributed by atoms with E-state index >= 15 is 0 Å². The quantitative estimate of drug-likeness (QED) is 0.251. The van der Waals surface area contributed by atoms with Crippen molar-refractivity contribution in [3.8, 4) is 0 Å². The third-order valence-electron chi connectivity index (χ3n) is 8.55. The van der Waals surface area contributed by atoms with Crippen LogP contribution in [0.1, 0.15) is 52.5 Å². The van der Waals surface area contributed by atoms with Crippen LogP contribution in [0.5, 0.6) is 0 Å². The van der Waals surface area contributed by atoms with Gasteiger partial charge in [0.15, 0.2) is 5.88 Å². The Balaban J connectivity index is 1.25. The number of alkyl halides is 6. The van der Waals surface area contributed by atoms with Crippen LogP contribution in [0.2, 0.25) is 0 Å². The predicted molar refractivity (Wildman–Crippen MR) is 160 cm³/mol. The molecule has 5 rings (SSSR count). The summed E-state index contributed by atoms with van der Waals surface area (Å²) in [5.74, 6) is -0.402. The van der Waals surface area contributed by atoms with Gasteiger partial charge in [0.05, 0.1) is 36.9 Å². The third-order valence-corrected chi connectivity index (χ3v) is 8.55. The zero-order chi connectivity index (χ0) is 34.6. The molecule has 0 radical (unpaired) electrons. The molecule has 0 bridgehead atoms. The number of urea groups is 1. The molecule has 2 aromatic carbocycles. The lowest BCUT2D eigenvalue weighted by molar-refractivity contribution is -0.143. The number of hydrogen-bond donors (Lipinski definition) is 2. The lowest BCUT2D eigenvalue weighted by Crippen LogP contribution is -2.48. The van der Waals surface area contributed by atoms with Gasteiger partial charge in [-0.1, -0.05) is 6.07 Å². The van der Waals surface area contributed by atoms with Crippen LogP contribution in [0.3, 0.4) is 0 Å². The van der Waals surface area contributed by atoms with Gasteiger partial charge in [-0.2, -0.15) is 26.3 Å². The molecule has 8 nitrogen and oxygen atoms in total. The first kappa shape index (κ1) is 35.2. The predicted octanol–water partition coefficient (Wildman–Crippen LogP) is 6.94. The first-order valence-corrected chi connectivity index (χ1v) is 15.5. The Morgan fingerprint density at radius 3 is 2.25 bits per heavy atom. The summed E-state index contributed by atoms with van der Waals surface area (Å²) in [4.78, 5) is 30.4. The summed E-state index contributed by atoms with van der Waals surface area (Å²) in [6.07, 6.45) is -9.83. The van der Waals surface area contributed by atoms with Crippen LogP contribution >= 0.6 is 0 Å². The molecule has 2 aliphatic heterocycles. The smallest absolute Gasteiger partial charge is 0.416 e. The fourth-order valence-corrected chi connectivity index (χ4v) is 6.07. The van der Waals surface area contributed by atoms with E-state index in [0.717, 1.165) is 13.1 Å². The molecule has 0 unspecified atom stereocenters. The molecule has 15 heteroatoms. The summed E-state index contributed by atoms with van der Waals surface area (Å²) in [6.45, 7) is 4.89. The molecule has 3 amide bonds. The van der Waals surface area contributed by atoms with Gasteiger partial charge in [-0.05, 0) is 79.3 Å². The highest BCUT2D eigenvalue weighted by Gasteiger charge is 2.38. The Bertz CT molecular complexity index is 1570. The Labute approximate surface area is 272 Å². The molecule has 1 aromatic heterocycles. The highest BCUT2D eigenvalue weighted by molar-refractivity contribution is 5.91. The normalized spacial score (nSPS) is 19.3. The number of halogens is 7. The Morgan fingerprint density at radius 1 is 0.917 bits per heavy atom. The molecule has 48 heavy (non-hydrogen) atoms. The summed E-state index contributed by atoms with van der Waals surface area (Å²) < 4.78 is 105. The van der Waals surface area contributed by atoms with Crippen molar-refractivity contribution in [2.75, 3.05) is 44.7 Å². The molecule has 2 N–H and O–H groups in total. The summed E-state index contributed by atoms with van der Waals surface area (Å²) in [7, 11) is 0. The van der Waals surface area contributed by atoms with Gasteiger partial charge in [-0.3, -0.25) is 15.0 Å². The van der Waals surface area contributed by atoms with Crippen molar-refractivity contribution in [2.45, 2.75) is 51.1 Å². The van der Waals surface area contributed by atoms with Gasteiger partial charge < -0.3 is 19.4 Å². The maximum absolute atomic E-state index is 14.0. The number of morpholine rings is 1. The molecule has 0 aliphatic carbocycles. The second-order valence-corrected chi connectivity index (χ2v) is 12.0. The van der Waals surface area contributed by atoms with Gasteiger partial charge in [0.1, 0.15) is 11.6 Å². The second kappa shape index (κ2) is 14.6. The first-order valence-electron chi connectivity index (χ1n) is 15.5. The van der Waals surface area contributed by atoms with Crippen LogP contribution in [-0.2, 0) is 34.8 Å². The van der Waals surface area contributed by atoms with Crippen molar-refractivity contribution in [3.63, 3.8) is 0 Å². The number of likely N-dealkylation sites (tertiary alicyclic amines) is 1. The van der Waals surface area contributed by atoms with E-state index < -0.39 is 47.3 Å². The lowest BCUT2D eigenvalue weighted by Gasteiger charge is -2.39. The van der Waals surface area contributed by atoms with Gasteiger partial charge >= 0.3 is 18.4 Å². The zero-order valence-electron chi connectivity index (χ0n) is 26.0. The zero-order valence-corrected chi connectivity index (χ0v) is 26.0. The van der Waals surface area contributed by atoms with Crippen molar-refractivity contribution in [1.82, 2.24) is 15.1 Å². The van der Waals surface area contributed by atoms with Crippen LogP contribution in [0.4, 0.5) is 41.4 Å². The Morgan fingerprint density at radius 2 is 1.60 bits per heavy atom. The molecule has 0 saturated carbocycles. The minimum absolute atomic E-state index is 0.0499. The number of carbonyl (C=O) groups is 2. The maximum atomic E-state index is 14.0. The largest absolute Gasteiger partial charge is 0.444 e. The van der Waals surface area contributed by atoms with E-state index in [1.54, 1.807) is 19.1 Å². The highest BCUT2D eigenvalue weighted by atomic mass is 19.4. The number of nitrogens with zero attached hydrogens (tertiary/aromatic N) is 2. The molecule has 0 spiro atoms. The number of rotatable bonds is 8. The van der Waals surface area contributed by atoms with E-state index in [9.17, 15) is 40.3 Å². The average Bonchev–Trinajstić information content (AvgIpc) is 3.46. The fourth-order valence-electron chi connectivity index (χ4n) is 6.07. The molecule has 260 valence electrons. The van der Waals surface area contributed by atoms with Gasteiger partial charge in [-0.25, -0.2) is 9.18 Å². The van der Waals surface area contributed by atoms with Crippen LogP contribution in [-0.4, -0.2) is 61.1 Å². The number of nitrogens with one attached hydrogen (secondary N) is 2. The van der Waals surface area contributed by atoms with Crippen LogP contribution in [0.25, 0.3) is 0 Å². The number of furan rings is 1. The van der Waals surface area contributed by atoms with E-state index in [2.05, 4.69) is 15.5 Å². The van der Waals surface area contributed by atoms with Crippen molar-refractivity contribution in [1.29, 1.82) is 0 Å². The maximum Gasteiger partial charge on any atom is 0.416 e. The van der Waals surface area contributed by atoms with E-state index in [1.165, 1.54) is 23.1 Å². The number of benzene rings is 2. The van der Waals surface area contributed by atoms with Crippen LogP contribution in [0, 0.1) is 18.7 Å². The number of aryl methyl sites for hydroxylation is 1. The van der Waals surface area contributed by atoms with E-state index in [1.807, 2.05) is 0 Å². The van der Waals surface area contributed by atoms with Crippen molar-refractivity contribution in [2.24, 2.45) is 5.92 Å².